The van der Waals surface area contributed by atoms with Crippen molar-refractivity contribution in [1.82, 2.24) is 10.2 Å². The van der Waals surface area contributed by atoms with Crippen LogP contribution in [0.1, 0.15) is 25.8 Å². The summed E-state index contributed by atoms with van der Waals surface area (Å²) < 4.78 is 36.9. The second-order valence-corrected chi connectivity index (χ2v) is 10.1. The van der Waals surface area contributed by atoms with E-state index < -0.39 is 28.5 Å². The summed E-state index contributed by atoms with van der Waals surface area (Å²) in [6.07, 6.45) is 1.36. The number of methoxy groups -OCH3 is 2. The molecule has 1 N–H and O–H groups in total. The van der Waals surface area contributed by atoms with Crippen LogP contribution in [0, 0.1) is 0 Å². The second-order valence-electron chi connectivity index (χ2n) is 7.78. The predicted molar refractivity (Wildman–Crippen MR) is 137 cm³/mol. The van der Waals surface area contributed by atoms with Gasteiger partial charge in [-0.1, -0.05) is 30.7 Å². The maximum Gasteiger partial charge on any atom is 0.244 e. The molecule has 11 heteroatoms. The van der Waals surface area contributed by atoms with Crippen molar-refractivity contribution in [2.45, 2.75) is 32.9 Å². The van der Waals surface area contributed by atoms with E-state index >= 15 is 0 Å². The lowest BCUT2D eigenvalue weighted by atomic mass is 10.1. The quantitative estimate of drug-likeness (QED) is 0.456. The summed E-state index contributed by atoms with van der Waals surface area (Å²) in [4.78, 5) is 27.8. The number of halogens is 1. The Morgan fingerprint density at radius 1 is 1.03 bits per heavy atom. The van der Waals surface area contributed by atoms with E-state index in [0.717, 1.165) is 16.1 Å². The lowest BCUT2D eigenvalue weighted by Crippen LogP contribution is -2.52. The Kier molecular flexibility index (Phi) is 10.2. The minimum Gasteiger partial charge on any atom is -0.493 e. The fraction of sp³-hybridized carbons (Fsp3) is 0.417. The van der Waals surface area contributed by atoms with Gasteiger partial charge in [0, 0.05) is 24.2 Å². The van der Waals surface area contributed by atoms with Gasteiger partial charge in [-0.15, -0.1) is 0 Å². The average Bonchev–Trinajstić information content (AvgIpc) is 2.82. The molecule has 0 unspecified atom stereocenters. The van der Waals surface area contributed by atoms with Crippen molar-refractivity contribution in [3.05, 3.63) is 53.1 Å². The molecule has 0 aliphatic carbocycles. The molecule has 9 nitrogen and oxygen atoms in total. The number of benzene rings is 2. The molecular weight excluding hydrogens is 494 g/mol. The summed E-state index contributed by atoms with van der Waals surface area (Å²) in [5.74, 6) is -0.104. The van der Waals surface area contributed by atoms with Crippen molar-refractivity contribution in [1.29, 1.82) is 0 Å². The number of ether oxygens (including phenoxy) is 2. The Morgan fingerprint density at radius 3 is 2.17 bits per heavy atom. The average molecular weight is 526 g/mol. The van der Waals surface area contributed by atoms with Crippen molar-refractivity contribution >= 4 is 39.1 Å². The zero-order chi connectivity index (χ0) is 26.2. The minimum atomic E-state index is -3.86. The number of nitrogens with one attached hydrogen (secondary N) is 1. The molecule has 0 aliphatic rings. The first-order chi connectivity index (χ1) is 16.5. The molecule has 0 aliphatic heterocycles. The van der Waals surface area contributed by atoms with Gasteiger partial charge in [0.1, 0.15) is 12.6 Å². The largest absolute Gasteiger partial charge is 0.493 e. The Morgan fingerprint density at radius 2 is 1.66 bits per heavy atom. The van der Waals surface area contributed by atoms with Crippen molar-refractivity contribution in [2.24, 2.45) is 0 Å². The molecular formula is C24H32ClN3O6S. The van der Waals surface area contributed by atoms with Gasteiger partial charge < -0.3 is 19.7 Å². The number of carbonyl (C=O) groups excluding carboxylic acids is 2. The fourth-order valence-electron chi connectivity index (χ4n) is 3.59. The summed E-state index contributed by atoms with van der Waals surface area (Å²) in [5, 5.41) is 3.29. The Bertz CT molecular complexity index is 1120. The second kappa shape index (κ2) is 12.6. The van der Waals surface area contributed by atoms with Crippen molar-refractivity contribution < 1.29 is 27.5 Å². The summed E-state index contributed by atoms with van der Waals surface area (Å²) >= 11 is 5.99. The zero-order valence-electron chi connectivity index (χ0n) is 20.6. The standard InChI is InChI=1S/C24H32ClN3O6S/c1-6-20(24(30)26-7-2)27(15-17-8-10-18(25)11-9-17)23(29)16-28(35(5,31)32)19-12-13-21(33-3)22(14-19)34-4/h8-14,20H,6-7,15-16H2,1-5H3,(H,26,30)/t20-/m0/s1. The first-order valence-electron chi connectivity index (χ1n) is 11.1. The highest BCUT2D eigenvalue weighted by Gasteiger charge is 2.31. The van der Waals surface area contributed by atoms with Crippen LogP contribution in [0.25, 0.3) is 0 Å². The maximum absolute atomic E-state index is 13.6. The first kappa shape index (κ1) is 28.3. The van der Waals surface area contributed by atoms with Gasteiger partial charge in [0.05, 0.1) is 26.2 Å². The van der Waals surface area contributed by atoms with Crippen LogP contribution in [0.3, 0.4) is 0 Å². The Balaban J connectivity index is 2.46. The van der Waals surface area contributed by atoms with Crippen LogP contribution in [0.4, 0.5) is 5.69 Å². The molecule has 2 aromatic rings. The van der Waals surface area contributed by atoms with Crippen LogP contribution in [-0.4, -0.2) is 64.7 Å². The summed E-state index contributed by atoms with van der Waals surface area (Å²) in [6.45, 7) is 3.59. The van der Waals surface area contributed by atoms with Gasteiger partial charge in [0.25, 0.3) is 0 Å². The molecule has 0 bridgehead atoms. The van der Waals surface area contributed by atoms with Crippen molar-refractivity contribution in [2.75, 3.05) is 37.9 Å². The molecule has 0 saturated carbocycles. The maximum atomic E-state index is 13.6. The Hall–Kier alpha value is -2.98. The van der Waals surface area contributed by atoms with E-state index in [4.69, 9.17) is 21.1 Å². The van der Waals surface area contributed by atoms with E-state index in [-0.39, 0.29) is 18.1 Å². The first-order valence-corrected chi connectivity index (χ1v) is 13.3. The molecule has 2 aromatic carbocycles. The zero-order valence-corrected chi connectivity index (χ0v) is 22.1. The number of hydrogen-bond donors (Lipinski definition) is 1. The topological polar surface area (TPSA) is 105 Å². The van der Waals surface area contributed by atoms with Crippen LogP contribution in [0.15, 0.2) is 42.5 Å². The lowest BCUT2D eigenvalue weighted by Gasteiger charge is -2.33. The van der Waals surface area contributed by atoms with E-state index in [1.807, 2.05) is 0 Å². The van der Waals surface area contributed by atoms with Crippen LogP contribution in [0.2, 0.25) is 5.02 Å². The number of anilines is 1. The fourth-order valence-corrected chi connectivity index (χ4v) is 4.56. The van der Waals surface area contributed by atoms with E-state index in [1.165, 1.54) is 31.3 Å². The van der Waals surface area contributed by atoms with E-state index in [1.54, 1.807) is 44.2 Å². The number of carbonyl (C=O) groups is 2. The van der Waals surface area contributed by atoms with E-state index in [9.17, 15) is 18.0 Å². The molecule has 192 valence electrons. The smallest absolute Gasteiger partial charge is 0.244 e. The molecule has 0 radical (unpaired) electrons. The molecule has 35 heavy (non-hydrogen) atoms. The number of nitrogens with zero attached hydrogens (tertiary/aromatic N) is 2. The monoisotopic (exact) mass is 525 g/mol. The van der Waals surface area contributed by atoms with Gasteiger partial charge in [-0.25, -0.2) is 8.42 Å². The predicted octanol–water partition coefficient (Wildman–Crippen LogP) is 3.07. The summed E-state index contributed by atoms with van der Waals surface area (Å²) in [5.41, 5.74) is 0.985. The molecule has 1 atom stereocenters. The van der Waals surface area contributed by atoms with Gasteiger partial charge in [-0.3, -0.25) is 13.9 Å². The molecule has 0 heterocycles. The van der Waals surface area contributed by atoms with Gasteiger partial charge in [-0.2, -0.15) is 0 Å². The summed E-state index contributed by atoms with van der Waals surface area (Å²) in [6, 6.07) is 10.7. The van der Waals surface area contributed by atoms with Gasteiger partial charge in [0.2, 0.25) is 21.8 Å². The molecule has 2 rings (SSSR count). The van der Waals surface area contributed by atoms with E-state index in [0.29, 0.717) is 29.5 Å². The molecule has 0 aromatic heterocycles. The third-order valence-electron chi connectivity index (χ3n) is 5.34. The highest BCUT2D eigenvalue weighted by atomic mass is 35.5. The Labute approximate surface area is 212 Å². The third kappa shape index (κ3) is 7.50. The van der Waals surface area contributed by atoms with Gasteiger partial charge in [0.15, 0.2) is 11.5 Å². The molecule has 0 fully saturated rings. The van der Waals surface area contributed by atoms with Crippen LogP contribution in [0.5, 0.6) is 11.5 Å². The highest BCUT2D eigenvalue weighted by molar-refractivity contribution is 7.92. The number of amides is 2. The van der Waals surface area contributed by atoms with Gasteiger partial charge in [-0.05, 0) is 43.2 Å². The third-order valence-corrected chi connectivity index (χ3v) is 6.73. The van der Waals surface area contributed by atoms with Crippen LogP contribution < -0.4 is 19.1 Å². The van der Waals surface area contributed by atoms with Crippen molar-refractivity contribution in [3.8, 4) is 11.5 Å². The normalized spacial score (nSPS) is 11.9. The highest BCUT2D eigenvalue weighted by Crippen LogP contribution is 2.32. The lowest BCUT2D eigenvalue weighted by molar-refractivity contribution is -0.140. The molecule has 2 amide bonds. The molecule has 0 spiro atoms. The van der Waals surface area contributed by atoms with Crippen LogP contribution >= 0.6 is 11.6 Å². The number of rotatable bonds is 12. The number of hydrogen-bond acceptors (Lipinski definition) is 6. The molecule has 0 saturated heterocycles. The van der Waals surface area contributed by atoms with E-state index in [2.05, 4.69) is 5.32 Å². The van der Waals surface area contributed by atoms with Crippen molar-refractivity contribution in [3.63, 3.8) is 0 Å². The minimum absolute atomic E-state index is 0.106. The summed E-state index contributed by atoms with van der Waals surface area (Å²) in [7, 11) is -0.958. The van der Waals surface area contributed by atoms with Gasteiger partial charge >= 0.3 is 0 Å². The number of sulfonamides is 1. The number of likely N-dealkylation sites (N-methyl/N-ethyl adjacent to an activating group) is 1. The SMILES string of the molecule is CCNC(=O)[C@H](CC)N(Cc1ccc(Cl)cc1)C(=O)CN(c1ccc(OC)c(OC)c1)S(C)(=O)=O. The van der Waals surface area contributed by atoms with Crippen LogP contribution in [-0.2, 0) is 26.2 Å².